The summed E-state index contributed by atoms with van der Waals surface area (Å²) in [6.07, 6.45) is -1.41. The standard InChI is InChI=1S/C16H14FNO3/c1-18-16(10-6-8-11(17)9-7-10)14(19)12-4-2-3-5-13(12)21-15(16)20/h2-9,15,18,20H,1H3. The van der Waals surface area contributed by atoms with Gasteiger partial charge in [-0.1, -0.05) is 24.3 Å². The second-order valence-corrected chi connectivity index (χ2v) is 4.86. The summed E-state index contributed by atoms with van der Waals surface area (Å²) >= 11 is 0. The highest BCUT2D eigenvalue weighted by Gasteiger charge is 2.51. The Hall–Kier alpha value is -2.24. The molecule has 0 fully saturated rings. The maximum Gasteiger partial charge on any atom is 0.227 e. The Balaban J connectivity index is 2.18. The molecule has 2 atom stereocenters. The predicted molar refractivity (Wildman–Crippen MR) is 74.5 cm³/mol. The van der Waals surface area contributed by atoms with E-state index in [9.17, 15) is 14.3 Å². The molecule has 1 heterocycles. The van der Waals surface area contributed by atoms with E-state index in [1.165, 1.54) is 24.3 Å². The zero-order valence-corrected chi connectivity index (χ0v) is 11.3. The van der Waals surface area contributed by atoms with Crippen molar-refractivity contribution < 1.29 is 19.0 Å². The van der Waals surface area contributed by atoms with Gasteiger partial charge < -0.3 is 9.84 Å². The number of para-hydroxylation sites is 1. The zero-order chi connectivity index (χ0) is 15.0. The number of aliphatic hydroxyl groups is 1. The molecule has 0 aromatic heterocycles. The van der Waals surface area contributed by atoms with Crippen LogP contribution >= 0.6 is 0 Å². The van der Waals surface area contributed by atoms with Crippen molar-refractivity contribution in [2.75, 3.05) is 7.05 Å². The number of nitrogens with one attached hydrogen (secondary N) is 1. The molecular weight excluding hydrogens is 273 g/mol. The number of hydrogen-bond donors (Lipinski definition) is 2. The summed E-state index contributed by atoms with van der Waals surface area (Å²) in [7, 11) is 1.56. The number of hydrogen-bond acceptors (Lipinski definition) is 4. The second-order valence-electron chi connectivity index (χ2n) is 4.86. The van der Waals surface area contributed by atoms with Crippen LogP contribution in [0.3, 0.4) is 0 Å². The molecule has 1 aliphatic rings. The topological polar surface area (TPSA) is 58.6 Å². The molecule has 0 saturated carbocycles. The van der Waals surface area contributed by atoms with Crippen molar-refractivity contribution in [3.05, 3.63) is 65.5 Å². The van der Waals surface area contributed by atoms with Crippen molar-refractivity contribution in [2.24, 2.45) is 0 Å². The molecule has 4 nitrogen and oxygen atoms in total. The number of carbonyl (C=O) groups is 1. The first-order valence-corrected chi connectivity index (χ1v) is 6.53. The van der Waals surface area contributed by atoms with E-state index in [1.54, 1.807) is 31.3 Å². The van der Waals surface area contributed by atoms with E-state index in [1.807, 2.05) is 0 Å². The van der Waals surface area contributed by atoms with Crippen LogP contribution in [-0.4, -0.2) is 24.2 Å². The van der Waals surface area contributed by atoms with E-state index in [2.05, 4.69) is 5.32 Å². The van der Waals surface area contributed by atoms with E-state index in [4.69, 9.17) is 4.74 Å². The third-order valence-corrected chi connectivity index (χ3v) is 3.79. The van der Waals surface area contributed by atoms with Gasteiger partial charge in [-0.3, -0.25) is 10.1 Å². The van der Waals surface area contributed by atoms with Gasteiger partial charge in [-0.05, 0) is 36.9 Å². The summed E-state index contributed by atoms with van der Waals surface area (Å²) in [5.74, 6) is -0.391. The van der Waals surface area contributed by atoms with E-state index in [-0.39, 0.29) is 5.78 Å². The summed E-state index contributed by atoms with van der Waals surface area (Å²) < 4.78 is 18.6. The van der Waals surface area contributed by atoms with Gasteiger partial charge in [0.25, 0.3) is 0 Å². The number of benzene rings is 2. The fourth-order valence-corrected chi connectivity index (χ4v) is 2.66. The van der Waals surface area contributed by atoms with Gasteiger partial charge in [0, 0.05) is 0 Å². The number of halogens is 1. The number of carbonyl (C=O) groups excluding carboxylic acids is 1. The summed E-state index contributed by atoms with van der Waals surface area (Å²) in [6.45, 7) is 0. The van der Waals surface area contributed by atoms with Gasteiger partial charge in [0.15, 0.2) is 11.3 Å². The summed E-state index contributed by atoms with van der Waals surface area (Å²) in [5.41, 5.74) is -0.637. The molecule has 2 aromatic rings. The lowest BCUT2D eigenvalue weighted by Crippen LogP contribution is -2.60. The normalized spacial score (nSPS) is 24.3. The predicted octanol–water partition coefficient (Wildman–Crippen LogP) is 1.83. The lowest BCUT2D eigenvalue weighted by molar-refractivity contribution is -0.0829. The van der Waals surface area contributed by atoms with Crippen LogP contribution in [0.25, 0.3) is 0 Å². The summed E-state index contributed by atoms with van der Waals surface area (Å²) in [5, 5.41) is 13.2. The number of ether oxygens (including phenoxy) is 1. The van der Waals surface area contributed by atoms with Crippen LogP contribution < -0.4 is 10.1 Å². The molecule has 21 heavy (non-hydrogen) atoms. The molecule has 2 unspecified atom stereocenters. The molecule has 0 amide bonds. The quantitative estimate of drug-likeness (QED) is 0.885. The van der Waals surface area contributed by atoms with Crippen molar-refractivity contribution in [3.8, 4) is 5.75 Å². The summed E-state index contributed by atoms with van der Waals surface area (Å²) in [4.78, 5) is 12.9. The van der Waals surface area contributed by atoms with Crippen LogP contribution in [0.4, 0.5) is 4.39 Å². The van der Waals surface area contributed by atoms with E-state index in [0.29, 0.717) is 16.9 Å². The van der Waals surface area contributed by atoms with Crippen LogP contribution in [0.15, 0.2) is 48.5 Å². The molecule has 0 saturated heterocycles. The van der Waals surface area contributed by atoms with Crippen molar-refractivity contribution in [1.82, 2.24) is 5.32 Å². The Morgan fingerprint density at radius 2 is 1.86 bits per heavy atom. The smallest absolute Gasteiger partial charge is 0.227 e. The molecule has 1 aliphatic heterocycles. The molecule has 2 N–H and O–H groups in total. The number of ketones is 1. The van der Waals surface area contributed by atoms with Crippen molar-refractivity contribution in [3.63, 3.8) is 0 Å². The number of likely N-dealkylation sites (N-methyl/N-ethyl adjacent to an activating group) is 1. The van der Waals surface area contributed by atoms with Gasteiger partial charge in [-0.25, -0.2) is 4.39 Å². The lowest BCUT2D eigenvalue weighted by Gasteiger charge is -2.40. The fraction of sp³-hybridized carbons (Fsp3) is 0.188. The highest BCUT2D eigenvalue weighted by Crippen LogP contribution is 2.38. The highest BCUT2D eigenvalue weighted by molar-refractivity contribution is 6.07. The highest BCUT2D eigenvalue weighted by atomic mass is 19.1. The van der Waals surface area contributed by atoms with Gasteiger partial charge in [-0.15, -0.1) is 0 Å². The van der Waals surface area contributed by atoms with Gasteiger partial charge in [0.1, 0.15) is 11.6 Å². The minimum absolute atomic E-state index is 0.314. The minimum Gasteiger partial charge on any atom is -0.461 e. The number of Topliss-reactive ketones (excluding diaryl/α,β-unsaturated/α-hetero) is 1. The van der Waals surface area contributed by atoms with Crippen LogP contribution in [0, 0.1) is 5.82 Å². The average molecular weight is 287 g/mol. The van der Waals surface area contributed by atoms with Gasteiger partial charge in [0.05, 0.1) is 5.56 Å². The van der Waals surface area contributed by atoms with Crippen LogP contribution in [-0.2, 0) is 5.54 Å². The van der Waals surface area contributed by atoms with E-state index < -0.39 is 17.6 Å². The van der Waals surface area contributed by atoms with E-state index >= 15 is 0 Å². The Labute approximate surface area is 121 Å². The Kier molecular flexibility index (Phi) is 3.23. The molecule has 0 bridgehead atoms. The van der Waals surface area contributed by atoms with Crippen LogP contribution in [0.5, 0.6) is 5.75 Å². The maximum absolute atomic E-state index is 13.1. The molecule has 5 heteroatoms. The first kappa shape index (κ1) is 13.7. The molecule has 0 radical (unpaired) electrons. The SMILES string of the molecule is CNC1(c2ccc(F)cc2)C(=O)c2ccccc2OC1O. The average Bonchev–Trinajstić information content (AvgIpc) is 2.50. The van der Waals surface area contributed by atoms with Gasteiger partial charge in [0.2, 0.25) is 6.29 Å². The molecular formula is C16H14FNO3. The second kappa shape index (κ2) is 4.95. The maximum atomic E-state index is 13.1. The Morgan fingerprint density at radius 3 is 2.52 bits per heavy atom. The Morgan fingerprint density at radius 1 is 1.19 bits per heavy atom. The third-order valence-electron chi connectivity index (χ3n) is 3.79. The lowest BCUT2D eigenvalue weighted by atomic mass is 9.80. The first-order chi connectivity index (χ1) is 10.1. The van der Waals surface area contributed by atoms with Gasteiger partial charge >= 0.3 is 0 Å². The monoisotopic (exact) mass is 287 g/mol. The molecule has 3 rings (SSSR count). The molecule has 108 valence electrons. The third kappa shape index (κ3) is 1.93. The van der Waals surface area contributed by atoms with Crippen molar-refractivity contribution >= 4 is 5.78 Å². The first-order valence-electron chi connectivity index (χ1n) is 6.53. The van der Waals surface area contributed by atoms with Gasteiger partial charge in [-0.2, -0.15) is 0 Å². The number of rotatable bonds is 2. The zero-order valence-electron chi connectivity index (χ0n) is 11.3. The molecule has 0 spiro atoms. The molecule has 0 aliphatic carbocycles. The van der Waals surface area contributed by atoms with Crippen LogP contribution in [0.1, 0.15) is 15.9 Å². The number of aliphatic hydroxyl groups excluding tert-OH is 1. The van der Waals surface area contributed by atoms with Crippen molar-refractivity contribution in [1.29, 1.82) is 0 Å². The minimum atomic E-state index is -1.46. The number of fused-ring (bicyclic) bond motifs is 1. The Bertz CT molecular complexity index is 686. The fourth-order valence-electron chi connectivity index (χ4n) is 2.66. The summed E-state index contributed by atoms with van der Waals surface area (Å²) in [6, 6.07) is 12.1. The van der Waals surface area contributed by atoms with Crippen molar-refractivity contribution in [2.45, 2.75) is 11.8 Å². The molecule has 2 aromatic carbocycles. The van der Waals surface area contributed by atoms with E-state index in [0.717, 1.165) is 0 Å². The largest absolute Gasteiger partial charge is 0.461 e. The van der Waals surface area contributed by atoms with Crippen LogP contribution in [0.2, 0.25) is 0 Å².